The van der Waals surface area contributed by atoms with Crippen molar-refractivity contribution < 1.29 is 4.79 Å². The maximum atomic E-state index is 12.8. The number of halogens is 1. The molecule has 36 heavy (non-hydrogen) atoms. The third kappa shape index (κ3) is 7.26. The maximum absolute atomic E-state index is 12.8. The first-order valence-corrected chi connectivity index (χ1v) is 12.6. The molecule has 1 atom stereocenters. The first-order chi connectivity index (χ1) is 17.5. The summed E-state index contributed by atoms with van der Waals surface area (Å²) < 4.78 is 0. The average Bonchev–Trinajstić information content (AvgIpc) is 2.90. The average molecular weight is 504 g/mol. The van der Waals surface area contributed by atoms with Gasteiger partial charge in [0.1, 0.15) is 24.4 Å². The normalized spacial score (nSPS) is 14.8. The number of piperazine rings is 1. The number of amides is 1. The number of benzene rings is 1. The molecule has 10 heteroatoms. The lowest BCUT2D eigenvalue weighted by Gasteiger charge is -2.27. The molecule has 0 saturated carbocycles. The number of nitrogens with zero attached hydrogens (tertiary/aromatic N) is 4. The molecule has 1 aliphatic heterocycles. The molecule has 2 aromatic heterocycles. The fourth-order valence-electron chi connectivity index (χ4n) is 4.13. The van der Waals surface area contributed by atoms with E-state index < -0.39 is 0 Å². The number of nitrogens with one attached hydrogen (secondary N) is 3. The van der Waals surface area contributed by atoms with Crippen LogP contribution >= 0.6 is 11.6 Å². The molecule has 1 saturated heterocycles. The van der Waals surface area contributed by atoms with Gasteiger partial charge in [0, 0.05) is 45.3 Å². The predicted octanol–water partition coefficient (Wildman–Crippen LogP) is 2.25. The van der Waals surface area contributed by atoms with Crippen LogP contribution in [0.3, 0.4) is 0 Å². The number of aryl methyl sites for hydroxylation is 1. The van der Waals surface area contributed by atoms with Gasteiger partial charge in [-0.15, -0.1) is 0 Å². The molecule has 1 amide bonds. The molecule has 0 unspecified atom stereocenters. The van der Waals surface area contributed by atoms with Crippen molar-refractivity contribution in [1.82, 2.24) is 30.5 Å². The van der Waals surface area contributed by atoms with Gasteiger partial charge in [-0.2, -0.15) is 0 Å². The summed E-state index contributed by atoms with van der Waals surface area (Å²) in [6.45, 7) is 7.25. The van der Waals surface area contributed by atoms with E-state index in [-0.39, 0.29) is 11.9 Å². The lowest BCUT2D eigenvalue weighted by Crippen LogP contribution is -2.44. The van der Waals surface area contributed by atoms with Gasteiger partial charge in [-0.1, -0.05) is 53.5 Å². The summed E-state index contributed by atoms with van der Waals surface area (Å²) in [5, 5.41) is 10.3. The fraction of sp³-hybridized carbons (Fsp3) is 0.385. The van der Waals surface area contributed by atoms with E-state index in [4.69, 9.17) is 19.4 Å². The van der Waals surface area contributed by atoms with Crippen molar-refractivity contribution in [3.63, 3.8) is 0 Å². The van der Waals surface area contributed by atoms with Gasteiger partial charge in [-0.25, -0.2) is 9.97 Å². The van der Waals surface area contributed by atoms with Crippen LogP contribution in [0, 0.1) is 6.92 Å². The van der Waals surface area contributed by atoms with Crippen LogP contribution in [0.1, 0.15) is 30.1 Å². The summed E-state index contributed by atoms with van der Waals surface area (Å²) >= 11 is 6.53. The Hall–Kier alpha value is -3.01. The zero-order valence-electron chi connectivity index (χ0n) is 20.5. The molecule has 4 rings (SSSR count). The van der Waals surface area contributed by atoms with Crippen molar-refractivity contribution in [2.45, 2.75) is 25.8 Å². The quantitative estimate of drug-likeness (QED) is 0.365. The number of hydrogen-bond acceptors (Lipinski definition) is 7. The summed E-state index contributed by atoms with van der Waals surface area (Å²) in [6.07, 6.45) is 2.88. The van der Waals surface area contributed by atoms with Gasteiger partial charge in [0.25, 0.3) is 0 Å². The largest absolute Gasteiger partial charge is 0.366 e. The topological polar surface area (TPSA) is 95.1 Å². The lowest BCUT2D eigenvalue weighted by atomic mass is 9.99. The van der Waals surface area contributed by atoms with Crippen LogP contribution in [0.25, 0.3) is 11.5 Å². The van der Waals surface area contributed by atoms with Crippen LogP contribution in [-0.4, -0.2) is 72.9 Å². The van der Waals surface area contributed by atoms with Crippen LogP contribution in [0.15, 0.2) is 48.7 Å². The highest BCUT2D eigenvalue weighted by molar-refractivity contribution is 6.33. The minimum absolute atomic E-state index is 0.0255. The third-order valence-electron chi connectivity index (χ3n) is 6.13. The second-order valence-corrected chi connectivity index (χ2v) is 9.26. The Balaban J connectivity index is 1.42. The molecule has 0 aliphatic carbocycles. The number of hydrogen-bond donors (Lipinski definition) is 3. The SMILES string of the molecule is [B]c1ccc(-c2nc(C)c(Cl)c(NC[C@H](NC(=O)CCCN3CCNCC3)c3ccccc3)n2)nc1. The van der Waals surface area contributed by atoms with Crippen LogP contribution in [0.2, 0.25) is 5.02 Å². The molecule has 1 aromatic carbocycles. The van der Waals surface area contributed by atoms with Gasteiger partial charge >= 0.3 is 0 Å². The summed E-state index contributed by atoms with van der Waals surface area (Å²) in [5.74, 6) is 0.969. The molecule has 3 heterocycles. The Labute approximate surface area is 218 Å². The molecule has 0 bridgehead atoms. The van der Waals surface area contributed by atoms with Gasteiger partial charge < -0.3 is 20.9 Å². The summed E-state index contributed by atoms with van der Waals surface area (Å²) in [7, 11) is 5.76. The smallest absolute Gasteiger partial charge is 0.220 e. The molecule has 186 valence electrons. The van der Waals surface area contributed by atoms with Gasteiger partial charge in [0.05, 0.1) is 11.7 Å². The fourth-order valence-corrected chi connectivity index (χ4v) is 4.28. The summed E-state index contributed by atoms with van der Waals surface area (Å²) in [5.41, 5.74) is 2.81. The third-order valence-corrected chi connectivity index (χ3v) is 6.58. The highest BCUT2D eigenvalue weighted by Crippen LogP contribution is 2.26. The van der Waals surface area contributed by atoms with E-state index >= 15 is 0 Å². The Morgan fingerprint density at radius 1 is 1.17 bits per heavy atom. The molecular weight excluding hydrogens is 473 g/mol. The van der Waals surface area contributed by atoms with Crippen molar-refractivity contribution >= 4 is 36.6 Å². The van der Waals surface area contributed by atoms with Crippen molar-refractivity contribution in [2.24, 2.45) is 0 Å². The van der Waals surface area contributed by atoms with Gasteiger partial charge in [-0.3, -0.25) is 9.78 Å². The van der Waals surface area contributed by atoms with Gasteiger partial charge in [0.2, 0.25) is 5.91 Å². The standard InChI is InChI=1S/C26H31BClN7O/c1-18-24(28)26(34-25(32-18)21-10-9-20(27)16-30-21)31-17-22(19-6-3-2-4-7-19)33-23(36)8-5-13-35-14-11-29-12-15-35/h2-4,6-7,9-10,16,22,29H,5,8,11-15,17H2,1H3,(H,33,36)(H,31,32,34)/t22-/m0/s1. The van der Waals surface area contributed by atoms with E-state index in [1.54, 1.807) is 18.3 Å². The molecule has 2 radical (unpaired) electrons. The Morgan fingerprint density at radius 2 is 1.94 bits per heavy atom. The molecule has 1 aliphatic rings. The Bertz CT molecular complexity index is 1140. The van der Waals surface area contributed by atoms with Crippen molar-refractivity contribution in [3.05, 3.63) is 64.9 Å². The van der Waals surface area contributed by atoms with E-state index in [2.05, 4.69) is 35.8 Å². The van der Waals surface area contributed by atoms with Crippen LogP contribution in [-0.2, 0) is 4.79 Å². The molecule has 3 N–H and O–H groups in total. The zero-order valence-corrected chi connectivity index (χ0v) is 21.3. The van der Waals surface area contributed by atoms with Crippen LogP contribution in [0.5, 0.6) is 0 Å². The molecule has 8 nitrogen and oxygen atoms in total. The highest BCUT2D eigenvalue weighted by Gasteiger charge is 2.18. The number of anilines is 1. The van der Waals surface area contributed by atoms with Crippen molar-refractivity contribution in [1.29, 1.82) is 0 Å². The second-order valence-electron chi connectivity index (χ2n) is 8.88. The zero-order chi connectivity index (χ0) is 25.3. The van der Waals surface area contributed by atoms with Gasteiger partial charge in [-0.05, 0) is 31.5 Å². The molecule has 3 aromatic rings. The van der Waals surface area contributed by atoms with Crippen molar-refractivity contribution in [3.8, 4) is 11.5 Å². The predicted molar refractivity (Wildman–Crippen MR) is 145 cm³/mol. The molecule has 1 fully saturated rings. The number of pyridine rings is 1. The van der Waals surface area contributed by atoms with E-state index in [9.17, 15) is 4.79 Å². The number of aromatic nitrogens is 3. The van der Waals surface area contributed by atoms with Crippen molar-refractivity contribution in [2.75, 3.05) is 44.6 Å². The Morgan fingerprint density at radius 3 is 2.67 bits per heavy atom. The van der Waals surface area contributed by atoms with E-state index in [0.29, 0.717) is 46.5 Å². The number of rotatable bonds is 10. The van der Waals surface area contributed by atoms with Crippen LogP contribution in [0.4, 0.5) is 5.82 Å². The summed E-state index contributed by atoms with van der Waals surface area (Å²) in [4.78, 5) is 28.6. The second kappa shape index (κ2) is 12.8. The number of carbonyl (C=O) groups excluding carboxylic acids is 1. The van der Waals surface area contributed by atoms with Gasteiger partial charge in [0.15, 0.2) is 5.82 Å². The van der Waals surface area contributed by atoms with E-state index in [1.165, 1.54) is 0 Å². The first kappa shape index (κ1) is 26.1. The van der Waals surface area contributed by atoms with E-state index in [0.717, 1.165) is 44.7 Å². The maximum Gasteiger partial charge on any atom is 0.220 e. The minimum Gasteiger partial charge on any atom is -0.366 e. The minimum atomic E-state index is -0.248. The highest BCUT2D eigenvalue weighted by atomic mass is 35.5. The lowest BCUT2D eigenvalue weighted by molar-refractivity contribution is -0.121. The monoisotopic (exact) mass is 503 g/mol. The molecule has 0 spiro atoms. The Kier molecular flexibility index (Phi) is 9.27. The molecular formula is C26H31BClN7O. The van der Waals surface area contributed by atoms with E-state index in [1.807, 2.05) is 37.3 Å². The first-order valence-electron chi connectivity index (χ1n) is 12.3. The summed E-state index contributed by atoms with van der Waals surface area (Å²) in [6, 6.07) is 13.2. The number of carbonyl (C=O) groups is 1. The van der Waals surface area contributed by atoms with Crippen LogP contribution < -0.4 is 21.4 Å².